The van der Waals surface area contributed by atoms with E-state index >= 15 is 0 Å². The zero-order valence-corrected chi connectivity index (χ0v) is 13.2. The third kappa shape index (κ3) is 4.16. The highest BCUT2D eigenvalue weighted by Crippen LogP contribution is 2.43. The van der Waals surface area contributed by atoms with Gasteiger partial charge in [-0.15, -0.1) is 0 Å². The van der Waals surface area contributed by atoms with E-state index < -0.39 is 5.97 Å². The van der Waals surface area contributed by atoms with E-state index in [1.807, 2.05) is 0 Å². The van der Waals surface area contributed by atoms with Crippen molar-refractivity contribution < 1.29 is 9.53 Å². The van der Waals surface area contributed by atoms with Gasteiger partial charge >= 0.3 is 5.97 Å². The lowest BCUT2D eigenvalue weighted by atomic mass is 9.78. The summed E-state index contributed by atoms with van der Waals surface area (Å²) < 4.78 is 4.62. The number of hydrogen-bond donors (Lipinski definition) is 1. The van der Waals surface area contributed by atoms with Crippen LogP contribution in [0.25, 0.3) is 0 Å². The van der Waals surface area contributed by atoms with Gasteiger partial charge in [0.25, 0.3) is 0 Å². The van der Waals surface area contributed by atoms with E-state index in [4.69, 9.17) is 0 Å². The van der Waals surface area contributed by atoms with Gasteiger partial charge in [-0.2, -0.15) is 0 Å². The summed E-state index contributed by atoms with van der Waals surface area (Å²) in [6.45, 7) is 5.49. The van der Waals surface area contributed by atoms with Gasteiger partial charge in [-0.05, 0) is 30.6 Å². The molecule has 1 aliphatic carbocycles. The Bertz CT molecular complexity index is 465. The summed E-state index contributed by atoms with van der Waals surface area (Å²) in [5, 5.41) is 3.39. The maximum Gasteiger partial charge on any atom is 0.358 e. The number of aromatic nitrogens is 2. The summed E-state index contributed by atoms with van der Waals surface area (Å²) in [6.07, 6.45) is 9.51. The van der Waals surface area contributed by atoms with Crippen molar-refractivity contribution >= 4 is 11.8 Å². The molecule has 5 nitrogen and oxygen atoms in total. The molecule has 0 aliphatic heterocycles. The Morgan fingerprint density at radius 1 is 1.33 bits per heavy atom. The van der Waals surface area contributed by atoms with Gasteiger partial charge in [0.05, 0.1) is 19.5 Å². The summed E-state index contributed by atoms with van der Waals surface area (Å²) in [4.78, 5) is 19.6. The van der Waals surface area contributed by atoms with Crippen molar-refractivity contribution in [1.82, 2.24) is 9.97 Å². The van der Waals surface area contributed by atoms with Crippen LogP contribution in [0.4, 0.5) is 5.82 Å². The highest BCUT2D eigenvalue weighted by Gasteiger charge is 2.34. The zero-order valence-electron chi connectivity index (χ0n) is 13.2. The molecule has 0 unspecified atom stereocenters. The maximum atomic E-state index is 11.3. The van der Waals surface area contributed by atoms with Crippen LogP contribution in [0, 0.1) is 11.3 Å². The summed E-state index contributed by atoms with van der Waals surface area (Å²) in [6, 6.07) is 0. The molecular weight excluding hydrogens is 266 g/mol. The molecule has 2 rings (SSSR count). The molecule has 1 N–H and O–H groups in total. The van der Waals surface area contributed by atoms with Gasteiger partial charge in [0, 0.05) is 6.54 Å². The first-order valence-corrected chi connectivity index (χ1v) is 7.69. The number of nitrogens with one attached hydrogen (secondary N) is 1. The fraction of sp³-hybridized carbons (Fsp3) is 0.688. The number of rotatable bonds is 6. The summed E-state index contributed by atoms with van der Waals surface area (Å²) >= 11 is 0. The number of nitrogens with zero attached hydrogens (tertiary/aromatic N) is 2. The number of ether oxygens (including phenoxy) is 1. The van der Waals surface area contributed by atoms with E-state index in [0.29, 0.717) is 11.3 Å². The van der Waals surface area contributed by atoms with Crippen LogP contribution in [-0.2, 0) is 4.74 Å². The Morgan fingerprint density at radius 3 is 2.57 bits per heavy atom. The molecule has 0 atom stereocenters. The van der Waals surface area contributed by atoms with E-state index in [2.05, 4.69) is 33.9 Å². The lowest BCUT2D eigenvalue weighted by Gasteiger charge is -2.31. The molecule has 116 valence electrons. The molecule has 1 saturated carbocycles. The second kappa shape index (κ2) is 6.87. The van der Waals surface area contributed by atoms with Gasteiger partial charge in [0.1, 0.15) is 5.82 Å². The van der Waals surface area contributed by atoms with E-state index in [0.717, 1.165) is 12.4 Å². The van der Waals surface area contributed by atoms with Gasteiger partial charge in [-0.1, -0.05) is 26.7 Å². The van der Waals surface area contributed by atoms with Crippen LogP contribution in [0.3, 0.4) is 0 Å². The highest BCUT2D eigenvalue weighted by molar-refractivity contribution is 5.86. The predicted molar refractivity (Wildman–Crippen MR) is 82.2 cm³/mol. The minimum Gasteiger partial charge on any atom is -0.464 e. The third-order valence-corrected chi connectivity index (χ3v) is 4.20. The molecule has 5 heteroatoms. The molecule has 1 aromatic heterocycles. The van der Waals surface area contributed by atoms with Crippen molar-refractivity contribution in [3.8, 4) is 0 Å². The molecule has 0 aromatic carbocycles. The van der Waals surface area contributed by atoms with Crippen molar-refractivity contribution in [3.63, 3.8) is 0 Å². The Balaban J connectivity index is 1.96. The summed E-state index contributed by atoms with van der Waals surface area (Å²) in [5.74, 6) is 0.969. The number of anilines is 1. The Kier molecular flexibility index (Phi) is 5.15. The highest BCUT2D eigenvalue weighted by atomic mass is 16.5. The Hall–Kier alpha value is -1.65. The van der Waals surface area contributed by atoms with Gasteiger partial charge in [0.15, 0.2) is 5.69 Å². The molecule has 0 spiro atoms. The Morgan fingerprint density at radius 2 is 2.05 bits per heavy atom. The monoisotopic (exact) mass is 291 g/mol. The number of carbonyl (C=O) groups is 1. The van der Waals surface area contributed by atoms with E-state index in [-0.39, 0.29) is 5.69 Å². The van der Waals surface area contributed by atoms with E-state index in [9.17, 15) is 4.79 Å². The molecule has 1 heterocycles. The number of hydrogen-bond acceptors (Lipinski definition) is 5. The average molecular weight is 291 g/mol. The van der Waals surface area contributed by atoms with Gasteiger partial charge in [0.2, 0.25) is 0 Å². The minimum atomic E-state index is -0.457. The van der Waals surface area contributed by atoms with Crippen molar-refractivity contribution in [1.29, 1.82) is 0 Å². The van der Waals surface area contributed by atoms with Crippen LogP contribution in [0.15, 0.2) is 12.4 Å². The average Bonchev–Trinajstić information content (AvgIpc) is 2.93. The molecule has 21 heavy (non-hydrogen) atoms. The van der Waals surface area contributed by atoms with Crippen LogP contribution in [0.5, 0.6) is 0 Å². The number of methoxy groups -OCH3 is 1. The first-order chi connectivity index (χ1) is 10.0. The molecule has 1 fully saturated rings. The molecule has 0 amide bonds. The minimum absolute atomic E-state index is 0.237. The number of esters is 1. The standard InChI is InChI=1S/C16H25N3O2/c1-12(2)8-16(6-4-5-7-16)11-19-14-10-17-13(9-18-14)15(20)21-3/h9-10,12H,4-8,11H2,1-3H3,(H,18,19). The van der Waals surface area contributed by atoms with Gasteiger partial charge in [-0.25, -0.2) is 14.8 Å². The van der Waals surface area contributed by atoms with Crippen molar-refractivity contribution in [2.45, 2.75) is 46.0 Å². The lowest BCUT2D eigenvalue weighted by Crippen LogP contribution is -2.28. The summed E-state index contributed by atoms with van der Waals surface area (Å²) in [7, 11) is 1.34. The van der Waals surface area contributed by atoms with Crippen LogP contribution in [0.2, 0.25) is 0 Å². The molecular formula is C16H25N3O2. The quantitative estimate of drug-likeness (QED) is 0.815. The van der Waals surface area contributed by atoms with Gasteiger partial charge in [-0.3, -0.25) is 0 Å². The largest absolute Gasteiger partial charge is 0.464 e. The molecule has 1 aromatic rings. The Labute approximate surface area is 126 Å². The van der Waals surface area contributed by atoms with Crippen molar-refractivity contribution in [3.05, 3.63) is 18.1 Å². The van der Waals surface area contributed by atoms with Gasteiger partial charge < -0.3 is 10.1 Å². The van der Waals surface area contributed by atoms with Crippen LogP contribution < -0.4 is 5.32 Å². The van der Waals surface area contributed by atoms with Crippen LogP contribution >= 0.6 is 0 Å². The van der Waals surface area contributed by atoms with E-state index in [1.54, 1.807) is 6.20 Å². The SMILES string of the molecule is COC(=O)c1cnc(NCC2(CC(C)C)CCCC2)cn1. The maximum absolute atomic E-state index is 11.3. The second-order valence-electron chi connectivity index (χ2n) is 6.44. The fourth-order valence-electron chi connectivity index (χ4n) is 3.35. The number of carbonyl (C=O) groups excluding carboxylic acids is 1. The summed E-state index contributed by atoms with van der Waals surface area (Å²) in [5.41, 5.74) is 0.623. The predicted octanol–water partition coefficient (Wildman–Crippen LogP) is 3.28. The smallest absolute Gasteiger partial charge is 0.358 e. The molecule has 1 aliphatic rings. The topological polar surface area (TPSA) is 64.1 Å². The third-order valence-electron chi connectivity index (χ3n) is 4.20. The van der Waals surface area contributed by atoms with E-state index in [1.165, 1.54) is 45.4 Å². The fourth-order valence-corrected chi connectivity index (χ4v) is 3.35. The van der Waals surface area contributed by atoms with Crippen molar-refractivity contribution in [2.75, 3.05) is 19.0 Å². The second-order valence-corrected chi connectivity index (χ2v) is 6.44. The van der Waals surface area contributed by atoms with Crippen molar-refractivity contribution in [2.24, 2.45) is 11.3 Å². The zero-order chi connectivity index (χ0) is 15.3. The van der Waals surface area contributed by atoms with Crippen LogP contribution in [0.1, 0.15) is 56.4 Å². The normalized spacial score (nSPS) is 17.0. The molecule has 0 radical (unpaired) electrons. The first-order valence-electron chi connectivity index (χ1n) is 7.69. The van der Waals surface area contributed by atoms with Crippen LogP contribution in [-0.4, -0.2) is 29.6 Å². The first kappa shape index (κ1) is 15.7. The molecule has 0 saturated heterocycles. The molecule has 0 bridgehead atoms. The lowest BCUT2D eigenvalue weighted by molar-refractivity contribution is 0.0593.